The smallest absolute Gasteiger partial charge is 0.262 e. The lowest BCUT2D eigenvalue weighted by Crippen LogP contribution is -2.65. The minimum atomic E-state index is -0.921. The van der Waals surface area contributed by atoms with Gasteiger partial charge in [-0.2, -0.15) is 0 Å². The molecule has 52 heavy (non-hydrogen) atoms. The first kappa shape index (κ1) is 36.7. The van der Waals surface area contributed by atoms with Crippen LogP contribution in [0.3, 0.4) is 0 Å². The molecular formula is C42H56N3O7+. The summed E-state index contributed by atoms with van der Waals surface area (Å²) in [7, 11) is 0. The molecule has 3 aromatic rings. The van der Waals surface area contributed by atoms with Crippen molar-refractivity contribution in [2.45, 2.75) is 82.1 Å². The number of amides is 1. The third kappa shape index (κ3) is 8.42. The number of aromatic hydroxyl groups is 1. The number of carbonyl (C=O) groups is 1. The number of piperidine rings is 3. The van der Waals surface area contributed by atoms with E-state index in [9.17, 15) is 20.1 Å². The van der Waals surface area contributed by atoms with E-state index in [-0.39, 0.29) is 42.9 Å². The van der Waals surface area contributed by atoms with Gasteiger partial charge in [-0.15, -0.1) is 0 Å². The number of phenols is 1. The van der Waals surface area contributed by atoms with Crippen molar-refractivity contribution in [1.82, 2.24) is 5.32 Å². The van der Waals surface area contributed by atoms with Gasteiger partial charge >= 0.3 is 0 Å². The summed E-state index contributed by atoms with van der Waals surface area (Å²) in [6.07, 6.45) is 7.92. The van der Waals surface area contributed by atoms with E-state index in [1.807, 2.05) is 30.3 Å². The molecule has 5 N–H and O–H groups in total. The molecule has 1 saturated carbocycles. The van der Waals surface area contributed by atoms with Crippen LogP contribution in [0.2, 0.25) is 0 Å². The maximum Gasteiger partial charge on any atom is 0.262 e. The van der Waals surface area contributed by atoms with E-state index in [2.05, 4.69) is 41.8 Å². The Labute approximate surface area is 307 Å². The monoisotopic (exact) mass is 714 g/mol. The highest BCUT2D eigenvalue weighted by molar-refractivity contribution is 5.96. The molecule has 4 fully saturated rings. The van der Waals surface area contributed by atoms with E-state index in [4.69, 9.17) is 14.2 Å². The SMILES string of the molecule is C[C@H](Cc1ccc(OCCC[N+]23CCC(CC2)[C@@H](OC[C@@](O)(c2ccccc2)C2CCCC2)C3)cc1)NC[C@H](O)c1cc(O)cc2c1OCC(=O)N2. The summed E-state index contributed by atoms with van der Waals surface area (Å²) in [5.74, 6) is 1.76. The molecule has 280 valence electrons. The maximum absolute atomic E-state index is 12.0. The van der Waals surface area contributed by atoms with Crippen molar-refractivity contribution in [3.8, 4) is 17.2 Å². The van der Waals surface area contributed by atoms with Crippen LogP contribution in [0.25, 0.3) is 0 Å². The van der Waals surface area contributed by atoms with Crippen LogP contribution in [-0.2, 0) is 21.6 Å². The summed E-state index contributed by atoms with van der Waals surface area (Å²) in [4.78, 5) is 11.7. The molecule has 0 unspecified atom stereocenters. The van der Waals surface area contributed by atoms with Crippen molar-refractivity contribution in [1.29, 1.82) is 0 Å². The van der Waals surface area contributed by atoms with E-state index >= 15 is 0 Å². The molecule has 10 heteroatoms. The van der Waals surface area contributed by atoms with Crippen molar-refractivity contribution in [2.75, 3.05) is 57.9 Å². The molecule has 8 rings (SSSR count). The van der Waals surface area contributed by atoms with Gasteiger partial charge in [0.25, 0.3) is 5.91 Å². The van der Waals surface area contributed by atoms with Crippen LogP contribution in [0.15, 0.2) is 66.7 Å². The van der Waals surface area contributed by atoms with Gasteiger partial charge in [0.1, 0.15) is 35.5 Å². The number of aliphatic hydroxyl groups is 2. The van der Waals surface area contributed by atoms with Crippen LogP contribution in [0.1, 0.15) is 74.7 Å². The Morgan fingerprint density at radius 1 is 1.04 bits per heavy atom. The second-order valence-corrected chi connectivity index (χ2v) is 15.8. The average molecular weight is 715 g/mol. The number of carbonyl (C=O) groups excluding carboxylic acids is 1. The molecular weight excluding hydrogens is 658 g/mol. The molecule has 10 nitrogen and oxygen atoms in total. The van der Waals surface area contributed by atoms with Crippen molar-refractivity contribution >= 4 is 11.6 Å². The first-order chi connectivity index (χ1) is 25.2. The van der Waals surface area contributed by atoms with Crippen LogP contribution in [0, 0.1) is 11.8 Å². The Bertz CT molecular complexity index is 1640. The number of aliphatic hydroxyl groups excluding tert-OH is 1. The number of anilines is 1. The van der Waals surface area contributed by atoms with Crippen molar-refractivity contribution in [3.05, 3.63) is 83.4 Å². The molecule has 0 spiro atoms. The van der Waals surface area contributed by atoms with Gasteiger partial charge in [-0.3, -0.25) is 4.79 Å². The highest BCUT2D eigenvalue weighted by atomic mass is 16.5. The van der Waals surface area contributed by atoms with Crippen LogP contribution >= 0.6 is 0 Å². The summed E-state index contributed by atoms with van der Waals surface area (Å²) < 4.78 is 19.6. The van der Waals surface area contributed by atoms with E-state index in [1.54, 1.807) is 0 Å². The second-order valence-electron chi connectivity index (χ2n) is 15.8. The number of benzene rings is 3. The van der Waals surface area contributed by atoms with Crippen LogP contribution in [0.4, 0.5) is 5.69 Å². The standard InChI is InChI=1S/C42H55N3O7/c1-29(43-25-38(47)36-23-34(46)24-37-41(36)51-27-40(48)44-37)22-30-12-14-35(15-13-30)50-21-7-18-45-19-16-31(17-20-45)39(26-45)52-28-42(49,33-10-5-6-11-33)32-8-3-2-4-9-32/h2-4,8-9,12-15,23-24,29,31,33,38-39,43,47,49H,5-7,10-11,16-22,25-28H2,1H3,(H-,44,46,48)/p+1/t29-,31?,38+,39+,42-,45?/m1/s1. The summed E-state index contributed by atoms with van der Waals surface area (Å²) >= 11 is 0. The van der Waals surface area contributed by atoms with Gasteiger partial charge in [0.05, 0.1) is 44.6 Å². The molecule has 4 atom stereocenters. The Morgan fingerprint density at radius 2 is 1.79 bits per heavy atom. The van der Waals surface area contributed by atoms with Crippen LogP contribution in [0.5, 0.6) is 17.2 Å². The fourth-order valence-electron chi connectivity index (χ4n) is 9.15. The fraction of sp³-hybridized carbons (Fsp3) is 0.548. The Balaban J connectivity index is 0.847. The highest BCUT2D eigenvalue weighted by Crippen LogP contribution is 2.43. The summed E-state index contributed by atoms with van der Waals surface area (Å²) in [5.41, 5.74) is 2.04. The van der Waals surface area contributed by atoms with Crippen LogP contribution < -0.4 is 20.1 Å². The molecule has 4 heterocycles. The first-order valence-electron chi connectivity index (χ1n) is 19.4. The third-order valence-electron chi connectivity index (χ3n) is 12.1. The predicted octanol–water partition coefficient (Wildman–Crippen LogP) is 5.45. The third-order valence-corrected chi connectivity index (χ3v) is 12.1. The normalized spacial score (nSPS) is 25.1. The summed E-state index contributed by atoms with van der Waals surface area (Å²) in [6, 6.07) is 21.4. The largest absolute Gasteiger partial charge is 0.508 e. The number of ether oxygens (including phenoxy) is 3. The Kier molecular flexibility index (Phi) is 11.4. The zero-order valence-corrected chi connectivity index (χ0v) is 30.5. The van der Waals surface area contributed by atoms with E-state index in [0.29, 0.717) is 36.1 Å². The molecule has 2 bridgehead atoms. The zero-order chi connectivity index (χ0) is 36.1. The quantitative estimate of drug-likeness (QED) is 0.0980. The van der Waals surface area contributed by atoms with Crippen molar-refractivity contribution in [2.24, 2.45) is 11.8 Å². The molecule has 1 aliphatic carbocycles. The molecule has 0 radical (unpaired) electrons. The lowest BCUT2D eigenvalue weighted by Gasteiger charge is -2.53. The molecule has 5 aliphatic rings. The number of hydrogen-bond donors (Lipinski definition) is 5. The number of phenolic OH excluding ortho intramolecular Hbond substituents is 1. The Morgan fingerprint density at radius 3 is 2.54 bits per heavy atom. The Hall–Kier alpha value is -3.67. The highest BCUT2D eigenvalue weighted by Gasteiger charge is 2.48. The maximum atomic E-state index is 12.0. The number of nitrogens with zero attached hydrogens (tertiary/aromatic N) is 1. The van der Waals surface area contributed by atoms with Crippen molar-refractivity contribution < 1.29 is 38.8 Å². The van der Waals surface area contributed by atoms with Crippen molar-refractivity contribution in [3.63, 3.8) is 0 Å². The fourth-order valence-corrected chi connectivity index (χ4v) is 9.15. The summed E-state index contributed by atoms with van der Waals surface area (Å²) in [5, 5.41) is 39.1. The lowest BCUT2D eigenvalue weighted by molar-refractivity contribution is -0.946. The van der Waals surface area contributed by atoms with E-state index in [1.165, 1.54) is 50.9 Å². The number of fused-ring (bicyclic) bond motifs is 4. The number of quaternary nitrogens is 1. The molecule has 1 amide bonds. The predicted molar refractivity (Wildman–Crippen MR) is 199 cm³/mol. The molecule has 0 aromatic heterocycles. The van der Waals surface area contributed by atoms with E-state index in [0.717, 1.165) is 60.1 Å². The molecule has 4 aliphatic heterocycles. The number of hydrogen-bond acceptors (Lipinski definition) is 8. The number of rotatable bonds is 16. The molecule has 3 saturated heterocycles. The van der Waals surface area contributed by atoms with E-state index < -0.39 is 11.7 Å². The topological polar surface area (TPSA) is 130 Å². The lowest BCUT2D eigenvalue weighted by atomic mass is 9.80. The second kappa shape index (κ2) is 16.1. The number of nitrogens with one attached hydrogen (secondary N) is 2. The van der Waals surface area contributed by atoms with Gasteiger partial charge in [-0.05, 0) is 61.4 Å². The van der Waals surface area contributed by atoms with Gasteiger partial charge in [0, 0.05) is 49.4 Å². The van der Waals surface area contributed by atoms with Gasteiger partial charge in [0.15, 0.2) is 6.61 Å². The minimum absolute atomic E-state index is 0.0455. The van der Waals surface area contributed by atoms with Gasteiger partial charge < -0.3 is 44.6 Å². The zero-order valence-electron chi connectivity index (χ0n) is 30.5. The van der Waals surface area contributed by atoms with Crippen LogP contribution in [-0.4, -0.2) is 90.4 Å². The van der Waals surface area contributed by atoms with Gasteiger partial charge in [-0.1, -0.05) is 55.3 Å². The molecule has 3 aromatic carbocycles. The first-order valence-corrected chi connectivity index (χ1v) is 19.4. The van der Waals surface area contributed by atoms with Gasteiger partial charge in [0.2, 0.25) is 0 Å². The minimum Gasteiger partial charge on any atom is -0.508 e. The summed E-state index contributed by atoms with van der Waals surface area (Å²) in [6.45, 7) is 7.78. The van der Waals surface area contributed by atoms with Gasteiger partial charge in [-0.25, -0.2) is 0 Å². The average Bonchev–Trinajstić information content (AvgIpc) is 3.72.